The van der Waals surface area contributed by atoms with Crippen molar-refractivity contribution in [1.82, 2.24) is 24.4 Å². The van der Waals surface area contributed by atoms with E-state index < -0.39 is 36.6 Å². The first-order valence-electron chi connectivity index (χ1n) is 8.57. The van der Waals surface area contributed by atoms with E-state index in [0.717, 1.165) is 0 Å². The number of nitrogens with two attached hydrogens (primary N) is 2. The maximum absolute atomic E-state index is 10.7. The summed E-state index contributed by atoms with van der Waals surface area (Å²) in [5.74, 6) is -0.907. The quantitative estimate of drug-likeness (QED) is 0.325. The highest BCUT2D eigenvalue weighted by molar-refractivity contribution is 5.81. The summed E-state index contributed by atoms with van der Waals surface area (Å²) in [6.45, 7) is 0.692. The highest BCUT2D eigenvalue weighted by Crippen LogP contribution is 2.32. The molecule has 0 bridgehead atoms. The highest BCUT2D eigenvalue weighted by atomic mass is 16.6. The second-order valence-corrected chi connectivity index (χ2v) is 6.64. The Bertz CT molecular complexity index is 872. The van der Waals surface area contributed by atoms with Crippen LogP contribution in [0.5, 0.6) is 0 Å². The van der Waals surface area contributed by atoms with Gasteiger partial charge >= 0.3 is 5.97 Å². The van der Waals surface area contributed by atoms with Crippen molar-refractivity contribution < 1.29 is 24.9 Å². The molecule has 0 saturated carbocycles. The monoisotopic (exact) mass is 393 g/mol. The zero-order valence-electron chi connectivity index (χ0n) is 15.2. The molecular weight excluding hydrogens is 370 g/mol. The van der Waals surface area contributed by atoms with Crippen molar-refractivity contribution in [3.05, 3.63) is 24.8 Å². The van der Waals surface area contributed by atoms with E-state index in [0.29, 0.717) is 24.3 Å². The minimum Gasteiger partial charge on any atom is -0.480 e. The van der Waals surface area contributed by atoms with Gasteiger partial charge < -0.3 is 36.4 Å². The number of imidazole rings is 1. The molecule has 28 heavy (non-hydrogen) atoms. The molecule has 0 spiro atoms. The number of nitrogen functional groups attached to an aromatic ring is 1. The Morgan fingerprint density at radius 2 is 2.14 bits per heavy atom. The number of fused-ring (bicyclic) bond motifs is 1. The van der Waals surface area contributed by atoms with E-state index >= 15 is 0 Å². The topological polar surface area (TPSA) is 186 Å². The Labute approximate surface area is 160 Å². The summed E-state index contributed by atoms with van der Waals surface area (Å²) in [4.78, 5) is 24.6. The van der Waals surface area contributed by atoms with E-state index in [4.69, 9.17) is 21.3 Å². The van der Waals surface area contributed by atoms with Gasteiger partial charge in [0.05, 0.1) is 6.33 Å². The largest absolute Gasteiger partial charge is 0.480 e. The van der Waals surface area contributed by atoms with E-state index in [1.807, 2.05) is 0 Å². The second kappa shape index (κ2) is 8.16. The summed E-state index contributed by atoms with van der Waals surface area (Å²) in [5.41, 5.74) is 12.0. The summed E-state index contributed by atoms with van der Waals surface area (Å²) in [5, 5.41) is 29.6. The zero-order chi connectivity index (χ0) is 20.4. The number of anilines is 1. The van der Waals surface area contributed by atoms with Crippen LogP contribution < -0.4 is 11.5 Å². The van der Waals surface area contributed by atoms with Crippen molar-refractivity contribution in [2.24, 2.45) is 5.73 Å². The first-order valence-corrected chi connectivity index (χ1v) is 8.57. The summed E-state index contributed by atoms with van der Waals surface area (Å²) < 4.78 is 7.36. The van der Waals surface area contributed by atoms with Gasteiger partial charge in [0, 0.05) is 13.1 Å². The minimum absolute atomic E-state index is 0.208. The van der Waals surface area contributed by atoms with Crippen molar-refractivity contribution >= 4 is 23.0 Å². The molecule has 1 aliphatic heterocycles. The van der Waals surface area contributed by atoms with Crippen LogP contribution >= 0.6 is 0 Å². The number of likely N-dealkylation sites (N-methyl/N-ethyl adjacent to an activating group) is 1. The number of aliphatic carboxylic acids is 1. The number of nitrogens with zero attached hydrogens (tertiary/aromatic N) is 5. The van der Waals surface area contributed by atoms with Crippen LogP contribution in [0.15, 0.2) is 24.8 Å². The van der Waals surface area contributed by atoms with Crippen molar-refractivity contribution in [3.63, 3.8) is 0 Å². The molecule has 1 unspecified atom stereocenters. The molecule has 1 fully saturated rings. The van der Waals surface area contributed by atoms with Gasteiger partial charge in [-0.05, 0) is 7.05 Å². The minimum atomic E-state index is -1.19. The molecule has 3 heterocycles. The highest BCUT2D eigenvalue weighted by Gasteiger charge is 2.44. The zero-order valence-corrected chi connectivity index (χ0v) is 15.2. The van der Waals surface area contributed by atoms with Crippen molar-refractivity contribution in [2.45, 2.75) is 30.6 Å². The number of hydrogen-bond donors (Lipinski definition) is 5. The maximum atomic E-state index is 10.7. The molecule has 7 N–H and O–H groups in total. The molecule has 0 radical (unpaired) electrons. The van der Waals surface area contributed by atoms with Gasteiger partial charge in [0.25, 0.3) is 0 Å². The number of aliphatic hydroxyl groups is 2. The third-order valence-corrected chi connectivity index (χ3v) is 4.54. The van der Waals surface area contributed by atoms with Crippen molar-refractivity contribution in [1.29, 1.82) is 0 Å². The molecule has 2 aromatic heterocycles. The average molecular weight is 393 g/mol. The molecule has 1 saturated heterocycles. The summed E-state index contributed by atoms with van der Waals surface area (Å²) in [7, 11) is 1.77. The third-order valence-electron chi connectivity index (χ3n) is 4.54. The summed E-state index contributed by atoms with van der Waals surface area (Å²) in [6.07, 6.45) is 1.83. The van der Waals surface area contributed by atoms with E-state index in [2.05, 4.69) is 15.0 Å². The molecular formula is C16H23N7O5. The van der Waals surface area contributed by atoms with Crippen molar-refractivity contribution in [3.8, 4) is 0 Å². The number of carbonyl (C=O) groups is 1. The Hall–Kier alpha value is -2.64. The van der Waals surface area contributed by atoms with Crippen LogP contribution in [0.4, 0.5) is 5.82 Å². The van der Waals surface area contributed by atoms with Crippen LogP contribution in [-0.2, 0) is 9.53 Å². The number of aliphatic hydroxyl groups excluding tert-OH is 2. The molecule has 0 aromatic carbocycles. The predicted molar refractivity (Wildman–Crippen MR) is 97.9 cm³/mol. The molecule has 5 atom stereocenters. The van der Waals surface area contributed by atoms with Gasteiger partial charge in [-0.1, -0.05) is 12.2 Å². The first kappa shape index (κ1) is 20.1. The molecule has 2 aromatic rings. The average Bonchev–Trinajstić information content (AvgIpc) is 3.19. The Morgan fingerprint density at radius 1 is 1.39 bits per heavy atom. The van der Waals surface area contributed by atoms with Gasteiger partial charge in [-0.25, -0.2) is 15.0 Å². The van der Waals surface area contributed by atoms with Crippen LogP contribution in [0.2, 0.25) is 0 Å². The smallest absolute Gasteiger partial charge is 0.324 e. The molecule has 12 heteroatoms. The standard InChI is InChI=1S/C16H23N7O5/c1-22(4-2-3-8(17)16(26)27)5-9-11(24)12(25)15(28-9)23-7-21-10-13(18)19-6-20-14(10)23/h2-3,6-9,11-12,15,24-25H,4-5,17H2,1H3,(H,26,27)(H2,18,19,20)/b3-2+/t8?,9-,11-,12-,15-/m1/s1. The van der Waals surface area contributed by atoms with Crippen molar-refractivity contribution in [2.75, 3.05) is 25.9 Å². The van der Waals surface area contributed by atoms with Gasteiger partial charge in [0.2, 0.25) is 0 Å². The van der Waals surface area contributed by atoms with E-state index in [1.165, 1.54) is 23.3 Å². The molecule has 3 rings (SSSR count). The Balaban J connectivity index is 1.67. The number of aromatic nitrogens is 4. The number of carboxylic acids is 1. The van der Waals surface area contributed by atoms with Gasteiger partial charge in [0.15, 0.2) is 17.7 Å². The third kappa shape index (κ3) is 3.95. The fraction of sp³-hybridized carbons (Fsp3) is 0.500. The molecule has 0 amide bonds. The van der Waals surface area contributed by atoms with Crippen LogP contribution in [-0.4, -0.2) is 90.2 Å². The van der Waals surface area contributed by atoms with E-state index in [-0.39, 0.29) is 5.82 Å². The Morgan fingerprint density at radius 3 is 2.86 bits per heavy atom. The summed E-state index contributed by atoms with van der Waals surface area (Å²) >= 11 is 0. The number of hydrogen-bond acceptors (Lipinski definition) is 10. The van der Waals surface area contributed by atoms with Gasteiger partial charge in [-0.3, -0.25) is 9.36 Å². The lowest BCUT2D eigenvalue weighted by Gasteiger charge is -2.21. The fourth-order valence-corrected chi connectivity index (χ4v) is 3.02. The Kier molecular flexibility index (Phi) is 5.86. The first-order chi connectivity index (χ1) is 13.3. The number of ether oxygens (including phenoxy) is 1. The van der Waals surface area contributed by atoms with Crippen LogP contribution in [0, 0.1) is 0 Å². The lowest BCUT2D eigenvalue weighted by atomic mass is 10.1. The lowest BCUT2D eigenvalue weighted by molar-refractivity contribution is -0.137. The molecule has 0 aliphatic carbocycles. The van der Waals surface area contributed by atoms with Crippen LogP contribution in [0.1, 0.15) is 6.23 Å². The second-order valence-electron chi connectivity index (χ2n) is 6.64. The van der Waals surface area contributed by atoms with Crippen LogP contribution in [0.25, 0.3) is 11.2 Å². The summed E-state index contributed by atoms with van der Waals surface area (Å²) in [6, 6.07) is -1.07. The lowest BCUT2D eigenvalue weighted by Crippen LogP contribution is -2.38. The van der Waals surface area contributed by atoms with E-state index in [1.54, 1.807) is 18.0 Å². The van der Waals surface area contributed by atoms with E-state index in [9.17, 15) is 15.0 Å². The van der Waals surface area contributed by atoms with Crippen LogP contribution in [0.3, 0.4) is 0 Å². The fourth-order valence-electron chi connectivity index (χ4n) is 3.02. The normalized spacial score (nSPS) is 26.5. The SMILES string of the molecule is CN(C/C=C/C(N)C(=O)O)C[C@H]1O[C@@H](n2cnc3c(N)ncnc32)[C@H](O)[C@@H]1O. The molecule has 12 nitrogen and oxygen atoms in total. The molecule has 152 valence electrons. The maximum Gasteiger partial charge on any atom is 0.324 e. The number of carboxylic acid groups (broad SMARTS) is 1. The molecule has 1 aliphatic rings. The van der Waals surface area contributed by atoms with Gasteiger partial charge in [-0.2, -0.15) is 0 Å². The van der Waals surface area contributed by atoms with Gasteiger partial charge in [0.1, 0.15) is 36.2 Å². The van der Waals surface area contributed by atoms with Gasteiger partial charge in [-0.15, -0.1) is 0 Å². The predicted octanol–water partition coefficient (Wildman–Crippen LogP) is -2.07. The number of rotatable bonds is 7.